The zero-order valence-corrected chi connectivity index (χ0v) is 19.8. The summed E-state index contributed by atoms with van der Waals surface area (Å²) >= 11 is 12.1. The van der Waals surface area contributed by atoms with Gasteiger partial charge in [0.1, 0.15) is 6.04 Å². The third-order valence-corrected chi connectivity index (χ3v) is 5.99. The van der Waals surface area contributed by atoms with Crippen LogP contribution in [0, 0.1) is 10.1 Å². The molecule has 0 radical (unpaired) electrons. The molecule has 2 amide bonds. The summed E-state index contributed by atoms with van der Waals surface area (Å²) in [7, 11) is 0. The molecule has 0 aromatic heterocycles. The molecular weight excluding hydrogens is 453 g/mol. The summed E-state index contributed by atoms with van der Waals surface area (Å²) < 4.78 is 0. The SMILES string of the molecule is CC[C@@H](C)NC(=O)[C@H](CC)N(Cc1ccc(Cl)c(Cl)c1)C(=O)Cc1ccccc1[N+](=O)[O-]. The Morgan fingerprint density at radius 3 is 2.38 bits per heavy atom. The summed E-state index contributed by atoms with van der Waals surface area (Å²) in [6, 6.07) is 10.3. The van der Waals surface area contributed by atoms with Crippen molar-refractivity contribution in [2.45, 2.75) is 58.7 Å². The van der Waals surface area contributed by atoms with Crippen LogP contribution in [0.1, 0.15) is 44.7 Å². The summed E-state index contributed by atoms with van der Waals surface area (Å²) in [5.74, 6) is -0.658. The smallest absolute Gasteiger partial charge is 0.273 e. The monoisotopic (exact) mass is 479 g/mol. The lowest BCUT2D eigenvalue weighted by molar-refractivity contribution is -0.385. The van der Waals surface area contributed by atoms with Crippen molar-refractivity contribution in [3.05, 3.63) is 73.8 Å². The lowest BCUT2D eigenvalue weighted by Gasteiger charge is -2.31. The van der Waals surface area contributed by atoms with Gasteiger partial charge >= 0.3 is 0 Å². The van der Waals surface area contributed by atoms with E-state index in [-0.39, 0.29) is 30.6 Å². The van der Waals surface area contributed by atoms with Crippen LogP contribution >= 0.6 is 23.2 Å². The van der Waals surface area contributed by atoms with Crippen LogP contribution in [-0.4, -0.2) is 33.7 Å². The fraction of sp³-hybridized carbons (Fsp3) is 0.391. The molecule has 0 saturated heterocycles. The molecule has 172 valence electrons. The van der Waals surface area contributed by atoms with Gasteiger partial charge in [0.25, 0.3) is 5.69 Å². The molecule has 0 fully saturated rings. The number of nitro groups is 1. The highest BCUT2D eigenvalue weighted by Gasteiger charge is 2.30. The van der Waals surface area contributed by atoms with Crippen molar-refractivity contribution in [2.24, 2.45) is 0 Å². The molecule has 32 heavy (non-hydrogen) atoms. The highest BCUT2D eigenvalue weighted by Crippen LogP contribution is 2.25. The van der Waals surface area contributed by atoms with Crippen LogP contribution in [-0.2, 0) is 22.6 Å². The summed E-state index contributed by atoms with van der Waals surface area (Å²) in [5, 5.41) is 15.0. The molecule has 0 bridgehead atoms. The molecule has 2 atom stereocenters. The average molecular weight is 480 g/mol. The topological polar surface area (TPSA) is 92.6 Å². The van der Waals surface area contributed by atoms with Gasteiger partial charge in [0.2, 0.25) is 11.8 Å². The van der Waals surface area contributed by atoms with Gasteiger partial charge in [-0.3, -0.25) is 19.7 Å². The van der Waals surface area contributed by atoms with Crippen molar-refractivity contribution in [2.75, 3.05) is 0 Å². The van der Waals surface area contributed by atoms with E-state index in [4.69, 9.17) is 23.2 Å². The van der Waals surface area contributed by atoms with E-state index in [1.807, 2.05) is 20.8 Å². The van der Waals surface area contributed by atoms with Crippen molar-refractivity contribution < 1.29 is 14.5 Å². The second kappa shape index (κ2) is 11.8. The van der Waals surface area contributed by atoms with Gasteiger partial charge in [-0.15, -0.1) is 0 Å². The van der Waals surface area contributed by atoms with Gasteiger partial charge in [0.15, 0.2) is 0 Å². The highest BCUT2D eigenvalue weighted by atomic mass is 35.5. The average Bonchev–Trinajstić information content (AvgIpc) is 2.76. The van der Waals surface area contributed by atoms with E-state index in [9.17, 15) is 19.7 Å². The van der Waals surface area contributed by atoms with Crippen LogP contribution in [0.2, 0.25) is 10.0 Å². The second-order valence-corrected chi connectivity index (χ2v) is 8.39. The molecule has 0 aliphatic heterocycles. The predicted octanol–water partition coefficient (Wildman–Crippen LogP) is 5.17. The minimum atomic E-state index is -0.742. The van der Waals surface area contributed by atoms with E-state index in [0.717, 1.165) is 6.42 Å². The highest BCUT2D eigenvalue weighted by molar-refractivity contribution is 6.42. The summed E-state index contributed by atoms with van der Waals surface area (Å²) in [5.41, 5.74) is 0.858. The Morgan fingerprint density at radius 1 is 1.09 bits per heavy atom. The second-order valence-electron chi connectivity index (χ2n) is 7.57. The van der Waals surface area contributed by atoms with Gasteiger partial charge < -0.3 is 10.2 Å². The largest absolute Gasteiger partial charge is 0.352 e. The number of amides is 2. The molecule has 0 heterocycles. The van der Waals surface area contributed by atoms with Gasteiger partial charge in [-0.1, -0.05) is 61.3 Å². The van der Waals surface area contributed by atoms with Crippen molar-refractivity contribution >= 4 is 40.7 Å². The Hall–Kier alpha value is -2.64. The first-order valence-corrected chi connectivity index (χ1v) is 11.2. The fourth-order valence-electron chi connectivity index (χ4n) is 3.30. The van der Waals surface area contributed by atoms with Gasteiger partial charge in [-0.25, -0.2) is 0 Å². The molecule has 9 heteroatoms. The summed E-state index contributed by atoms with van der Waals surface area (Å²) in [6.45, 7) is 5.78. The Kier molecular flexibility index (Phi) is 9.47. The van der Waals surface area contributed by atoms with E-state index in [1.165, 1.54) is 11.0 Å². The van der Waals surface area contributed by atoms with Gasteiger partial charge in [0.05, 0.1) is 21.4 Å². The molecule has 1 N–H and O–H groups in total. The maximum absolute atomic E-state index is 13.4. The third-order valence-electron chi connectivity index (χ3n) is 5.25. The molecule has 7 nitrogen and oxygen atoms in total. The number of nitrogens with zero attached hydrogens (tertiary/aromatic N) is 2. The first-order valence-electron chi connectivity index (χ1n) is 10.4. The van der Waals surface area contributed by atoms with Crippen LogP contribution in [0.4, 0.5) is 5.69 Å². The standard InChI is InChI=1S/C23H27Cl2N3O4/c1-4-15(3)26-23(30)20(5-2)27(14-16-10-11-18(24)19(25)12-16)22(29)13-17-8-6-7-9-21(17)28(31)32/h6-12,15,20H,4-5,13-14H2,1-3H3,(H,26,30)/t15-,20+/m1/s1. The number of nitro benzene ring substituents is 1. The Morgan fingerprint density at radius 2 is 1.78 bits per heavy atom. The normalized spacial score (nSPS) is 12.7. The number of hydrogen-bond acceptors (Lipinski definition) is 4. The van der Waals surface area contributed by atoms with Crippen LogP contribution in [0.15, 0.2) is 42.5 Å². The van der Waals surface area contributed by atoms with Gasteiger partial charge in [0, 0.05) is 24.2 Å². The van der Waals surface area contributed by atoms with Crippen molar-refractivity contribution in [1.29, 1.82) is 0 Å². The number of carbonyl (C=O) groups is 2. The van der Waals surface area contributed by atoms with Gasteiger partial charge in [-0.05, 0) is 37.5 Å². The lowest BCUT2D eigenvalue weighted by atomic mass is 10.0. The zero-order valence-electron chi connectivity index (χ0n) is 18.3. The maximum Gasteiger partial charge on any atom is 0.273 e. The first kappa shape index (κ1) is 25.6. The minimum absolute atomic E-state index is 0.0475. The zero-order chi connectivity index (χ0) is 23.8. The summed E-state index contributed by atoms with van der Waals surface area (Å²) in [6.07, 6.45) is 0.928. The Balaban J connectivity index is 2.39. The predicted molar refractivity (Wildman–Crippen MR) is 126 cm³/mol. The van der Waals surface area contributed by atoms with Crippen LogP contribution in [0.3, 0.4) is 0 Å². The molecule has 0 saturated carbocycles. The molecule has 2 aromatic carbocycles. The molecule has 0 unspecified atom stereocenters. The lowest BCUT2D eigenvalue weighted by Crippen LogP contribution is -2.51. The molecule has 2 rings (SSSR count). The number of hydrogen-bond donors (Lipinski definition) is 1. The number of carbonyl (C=O) groups excluding carboxylic acids is 2. The molecule has 0 spiro atoms. The molecule has 0 aliphatic carbocycles. The number of nitrogens with one attached hydrogen (secondary N) is 1. The van der Waals surface area contributed by atoms with E-state index in [0.29, 0.717) is 27.6 Å². The Labute approximate surface area is 197 Å². The minimum Gasteiger partial charge on any atom is -0.352 e. The van der Waals surface area contributed by atoms with Crippen LogP contribution in [0.25, 0.3) is 0 Å². The Bertz CT molecular complexity index is 983. The number of benzene rings is 2. The molecule has 0 aliphatic rings. The van der Waals surface area contributed by atoms with Crippen molar-refractivity contribution in [3.63, 3.8) is 0 Å². The quantitative estimate of drug-likeness (QED) is 0.375. The number of rotatable bonds is 10. The van der Waals surface area contributed by atoms with E-state index < -0.39 is 16.9 Å². The van der Waals surface area contributed by atoms with Gasteiger partial charge in [-0.2, -0.15) is 0 Å². The van der Waals surface area contributed by atoms with E-state index in [2.05, 4.69) is 5.32 Å². The van der Waals surface area contributed by atoms with Crippen LogP contribution < -0.4 is 5.32 Å². The third kappa shape index (κ3) is 6.68. The van der Waals surface area contributed by atoms with Crippen molar-refractivity contribution in [3.8, 4) is 0 Å². The first-order chi connectivity index (χ1) is 15.2. The van der Waals surface area contributed by atoms with Crippen LogP contribution in [0.5, 0.6) is 0 Å². The van der Waals surface area contributed by atoms with E-state index >= 15 is 0 Å². The maximum atomic E-state index is 13.4. The number of halogens is 2. The van der Waals surface area contributed by atoms with E-state index in [1.54, 1.807) is 36.4 Å². The fourth-order valence-corrected chi connectivity index (χ4v) is 3.62. The molecule has 2 aromatic rings. The summed E-state index contributed by atoms with van der Waals surface area (Å²) in [4.78, 5) is 38.6. The number of para-hydroxylation sites is 1. The molecular formula is C23H27Cl2N3O4. The van der Waals surface area contributed by atoms with Crippen molar-refractivity contribution in [1.82, 2.24) is 10.2 Å².